The molecule has 1 aliphatic rings. The molecule has 4 aromatic rings. The molecule has 2 aromatic carbocycles. The molecule has 212 valence electrons. The quantitative estimate of drug-likeness (QED) is 0.246. The zero-order valence-electron chi connectivity index (χ0n) is 21.9. The molecule has 3 heterocycles. The van der Waals surface area contributed by atoms with Crippen LogP contribution in [0.15, 0.2) is 84.5 Å². The third-order valence-electron chi connectivity index (χ3n) is 6.38. The van der Waals surface area contributed by atoms with E-state index in [9.17, 15) is 22.8 Å². The number of carbonyl (C=O) groups excluding carboxylic acids is 1. The van der Waals surface area contributed by atoms with Crippen LogP contribution in [-0.4, -0.2) is 24.3 Å². The van der Waals surface area contributed by atoms with Gasteiger partial charge in [-0.05, 0) is 71.7 Å². The van der Waals surface area contributed by atoms with Crippen LogP contribution in [0.25, 0.3) is 17.4 Å². The lowest BCUT2D eigenvalue weighted by Gasteiger charge is -2.25. The van der Waals surface area contributed by atoms with Crippen LogP contribution in [0.5, 0.6) is 5.75 Å². The van der Waals surface area contributed by atoms with Gasteiger partial charge in [-0.1, -0.05) is 29.5 Å². The van der Waals surface area contributed by atoms with Crippen LogP contribution in [0.3, 0.4) is 0 Å². The van der Waals surface area contributed by atoms with Crippen molar-refractivity contribution in [2.75, 3.05) is 13.7 Å². The summed E-state index contributed by atoms with van der Waals surface area (Å²) in [5.74, 6) is 0.481. The number of nitrogens with zero attached hydrogens (tertiary/aromatic N) is 2. The first-order chi connectivity index (χ1) is 19.5. The van der Waals surface area contributed by atoms with Gasteiger partial charge in [0.05, 0.1) is 45.6 Å². The van der Waals surface area contributed by atoms with Gasteiger partial charge in [0.15, 0.2) is 4.80 Å². The zero-order valence-corrected chi connectivity index (χ0v) is 24.3. The van der Waals surface area contributed by atoms with E-state index in [2.05, 4.69) is 20.9 Å². The summed E-state index contributed by atoms with van der Waals surface area (Å²) >= 11 is 4.58. The number of thiazole rings is 1. The Balaban J connectivity index is 1.62. The monoisotopic (exact) mass is 646 g/mol. The van der Waals surface area contributed by atoms with Crippen LogP contribution in [0.4, 0.5) is 13.2 Å². The second-order valence-electron chi connectivity index (χ2n) is 8.98. The van der Waals surface area contributed by atoms with Crippen molar-refractivity contribution in [1.82, 2.24) is 4.57 Å². The van der Waals surface area contributed by atoms with Gasteiger partial charge < -0.3 is 13.9 Å². The van der Waals surface area contributed by atoms with Crippen molar-refractivity contribution in [3.63, 3.8) is 0 Å². The minimum Gasteiger partial charge on any atom is -0.496 e. The summed E-state index contributed by atoms with van der Waals surface area (Å²) in [4.78, 5) is 31.7. The largest absolute Gasteiger partial charge is 0.496 e. The third-order valence-corrected chi connectivity index (χ3v) is 7.99. The number of hydrogen-bond donors (Lipinski definition) is 0. The lowest BCUT2D eigenvalue weighted by molar-refractivity contribution is -0.139. The van der Waals surface area contributed by atoms with Crippen molar-refractivity contribution >= 4 is 39.3 Å². The summed E-state index contributed by atoms with van der Waals surface area (Å²) in [5.41, 5.74) is 0.315. The fraction of sp³-hybridized carbons (Fsp3) is 0.207. The normalized spacial score (nSPS) is 15.5. The Hall–Kier alpha value is -3.90. The molecular weight excluding hydrogens is 625 g/mol. The van der Waals surface area contributed by atoms with Crippen molar-refractivity contribution in [3.05, 3.63) is 107 Å². The Labute approximate surface area is 244 Å². The summed E-state index contributed by atoms with van der Waals surface area (Å²) in [6.45, 7) is 3.52. The van der Waals surface area contributed by atoms with E-state index < -0.39 is 29.3 Å². The summed E-state index contributed by atoms with van der Waals surface area (Å²) in [5, 5.41) is 0. The molecule has 0 N–H and O–H groups in total. The van der Waals surface area contributed by atoms with E-state index >= 15 is 0 Å². The van der Waals surface area contributed by atoms with Gasteiger partial charge in [0.1, 0.15) is 17.3 Å². The Kier molecular flexibility index (Phi) is 7.80. The maximum atomic E-state index is 13.8. The highest BCUT2D eigenvalue weighted by Gasteiger charge is 2.34. The fourth-order valence-corrected chi connectivity index (χ4v) is 6.11. The molecule has 0 unspecified atom stereocenters. The minimum absolute atomic E-state index is 0.145. The number of alkyl halides is 3. The number of allylic oxidation sites excluding steroid dienone is 1. The SMILES string of the molecule is CCOC(=O)C1=C(C)N=c2s/c(=C\c3ccc(-c4cccc(C(F)(F)F)c4)o3)c(=O)n2[C@H]1c1ccc(OC)c(Br)c1. The Morgan fingerprint density at radius 1 is 1.20 bits per heavy atom. The Morgan fingerprint density at radius 2 is 1.98 bits per heavy atom. The van der Waals surface area contributed by atoms with Gasteiger partial charge in [-0.2, -0.15) is 13.2 Å². The summed E-state index contributed by atoms with van der Waals surface area (Å²) in [6.07, 6.45) is -2.98. The molecule has 5 rings (SSSR count). The lowest BCUT2D eigenvalue weighted by atomic mass is 9.96. The van der Waals surface area contributed by atoms with Crippen LogP contribution in [-0.2, 0) is 15.7 Å². The first-order valence-corrected chi connectivity index (χ1v) is 13.9. The molecule has 0 saturated carbocycles. The van der Waals surface area contributed by atoms with E-state index in [1.165, 1.54) is 29.9 Å². The van der Waals surface area contributed by atoms with Crippen molar-refractivity contribution in [2.45, 2.75) is 26.1 Å². The van der Waals surface area contributed by atoms with Crippen LogP contribution in [0.1, 0.15) is 36.8 Å². The van der Waals surface area contributed by atoms with Crippen molar-refractivity contribution in [3.8, 4) is 17.1 Å². The second kappa shape index (κ2) is 11.2. The molecule has 0 bridgehead atoms. The van der Waals surface area contributed by atoms with E-state index in [-0.39, 0.29) is 33.8 Å². The molecule has 7 nitrogen and oxygen atoms in total. The Bertz CT molecular complexity index is 1870. The van der Waals surface area contributed by atoms with Gasteiger partial charge in [0.25, 0.3) is 5.56 Å². The lowest BCUT2D eigenvalue weighted by Crippen LogP contribution is -2.39. The number of furan rings is 1. The smallest absolute Gasteiger partial charge is 0.416 e. The topological polar surface area (TPSA) is 83.0 Å². The van der Waals surface area contributed by atoms with E-state index in [0.29, 0.717) is 26.3 Å². The van der Waals surface area contributed by atoms with Gasteiger partial charge in [-0.25, -0.2) is 9.79 Å². The number of esters is 1. The molecule has 1 aliphatic heterocycles. The average Bonchev–Trinajstić information content (AvgIpc) is 3.52. The van der Waals surface area contributed by atoms with Crippen molar-refractivity contribution in [2.24, 2.45) is 4.99 Å². The minimum atomic E-state index is -4.49. The van der Waals surface area contributed by atoms with E-state index in [4.69, 9.17) is 13.9 Å². The van der Waals surface area contributed by atoms with Gasteiger partial charge in [-0.15, -0.1) is 0 Å². The number of fused-ring (bicyclic) bond motifs is 1. The highest BCUT2D eigenvalue weighted by Crippen LogP contribution is 2.35. The van der Waals surface area contributed by atoms with Gasteiger partial charge in [-0.3, -0.25) is 9.36 Å². The molecule has 2 aromatic heterocycles. The van der Waals surface area contributed by atoms with E-state index in [1.54, 1.807) is 44.2 Å². The van der Waals surface area contributed by atoms with Gasteiger partial charge in [0.2, 0.25) is 0 Å². The maximum Gasteiger partial charge on any atom is 0.416 e. The van der Waals surface area contributed by atoms with Crippen molar-refractivity contribution < 1.29 is 31.9 Å². The maximum absolute atomic E-state index is 13.8. The van der Waals surface area contributed by atoms with Crippen LogP contribution in [0, 0.1) is 0 Å². The summed E-state index contributed by atoms with van der Waals surface area (Å²) < 4.78 is 58.3. The predicted molar refractivity (Wildman–Crippen MR) is 150 cm³/mol. The highest BCUT2D eigenvalue weighted by molar-refractivity contribution is 9.10. The number of carbonyl (C=O) groups is 1. The van der Waals surface area contributed by atoms with Crippen LogP contribution >= 0.6 is 27.3 Å². The summed E-state index contributed by atoms with van der Waals surface area (Å²) in [7, 11) is 1.53. The second-order valence-corrected chi connectivity index (χ2v) is 10.8. The molecule has 12 heteroatoms. The third kappa shape index (κ3) is 5.53. The average molecular weight is 647 g/mol. The van der Waals surface area contributed by atoms with Gasteiger partial charge in [0, 0.05) is 11.6 Å². The Morgan fingerprint density at radius 3 is 2.66 bits per heavy atom. The van der Waals surface area contributed by atoms with Crippen LogP contribution in [0.2, 0.25) is 0 Å². The fourth-order valence-electron chi connectivity index (χ4n) is 4.52. The predicted octanol–water partition coefficient (Wildman–Crippen LogP) is 5.85. The number of halogens is 4. The van der Waals surface area contributed by atoms with E-state index in [1.807, 2.05) is 0 Å². The van der Waals surface area contributed by atoms with Crippen molar-refractivity contribution in [1.29, 1.82) is 0 Å². The highest BCUT2D eigenvalue weighted by atomic mass is 79.9. The standard InChI is InChI=1S/C29H22BrF3N2O5S/c1-4-39-27(37)24-15(2)34-28-35(25(24)17-8-10-22(38-3)20(30)13-17)26(36)23(41-28)14-19-9-11-21(40-19)16-6-5-7-18(12-16)29(31,32)33/h5-14,25H,4H2,1-3H3/b23-14-/t25-/m0/s1. The molecule has 41 heavy (non-hydrogen) atoms. The first-order valence-electron chi connectivity index (χ1n) is 12.3. The molecule has 0 saturated heterocycles. The number of rotatable bonds is 6. The number of aromatic nitrogens is 1. The molecule has 0 radical (unpaired) electrons. The molecule has 0 fully saturated rings. The zero-order chi connectivity index (χ0) is 29.5. The van der Waals surface area contributed by atoms with Gasteiger partial charge >= 0.3 is 12.1 Å². The number of methoxy groups -OCH3 is 1. The summed E-state index contributed by atoms with van der Waals surface area (Å²) in [6, 6.07) is 12.3. The number of benzene rings is 2. The molecule has 0 spiro atoms. The van der Waals surface area contributed by atoms with Crippen LogP contribution < -0.4 is 19.6 Å². The first kappa shape index (κ1) is 28.6. The number of ether oxygens (including phenoxy) is 2. The molecular formula is C29H22BrF3N2O5S. The molecule has 0 aliphatic carbocycles. The van der Waals surface area contributed by atoms with E-state index in [0.717, 1.165) is 23.5 Å². The molecule has 1 atom stereocenters. The number of hydrogen-bond acceptors (Lipinski definition) is 7. The molecule has 0 amide bonds.